The van der Waals surface area contributed by atoms with Crippen LogP contribution in [0.2, 0.25) is 0 Å². The Hall–Kier alpha value is -1.08. The van der Waals surface area contributed by atoms with Gasteiger partial charge in [0, 0.05) is 10.5 Å². The average molecular weight is 354 g/mol. The summed E-state index contributed by atoms with van der Waals surface area (Å²) in [7, 11) is 0. The Bertz CT molecular complexity index is 489. The summed E-state index contributed by atoms with van der Waals surface area (Å²) >= 11 is 3.06. The van der Waals surface area contributed by atoms with Crippen molar-refractivity contribution in [2.24, 2.45) is 0 Å². The van der Waals surface area contributed by atoms with Gasteiger partial charge in [0.15, 0.2) is 0 Å². The highest BCUT2D eigenvalue weighted by Gasteiger charge is 2.31. The first-order valence-electron chi connectivity index (χ1n) is 5.97. The molecule has 3 nitrogen and oxygen atoms in total. The van der Waals surface area contributed by atoms with Crippen LogP contribution in [0.5, 0.6) is 0 Å². The van der Waals surface area contributed by atoms with Crippen molar-refractivity contribution in [2.45, 2.75) is 38.6 Å². The summed E-state index contributed by atoms with van der Waals surface area (Å²) in [4.78, 5) is 11.9. The fourth-order valence-electron chi connectivity index (χ4n) is 1.75. The van der Waals surface area contributed by atoms with E-state index in [1.54, 1.807) is 13.8 Å². The first-order valence-corrected chi connectivity index (χ1v) is 6.76. The zero-order chi connectivity index (χ0) is 15.5. The quantitative estimate of drug-likeness (QED) is 0.871. The highest BCUT2D eigenvalue weighted by molar-refractivity contribution is 9.10. The van der Waals surface area contributed by atoms with E-state index in [0.29, 0.717) is 6.42 Å². The Morgan fingerprint density at radius 3 is 2.50 bits per heavy atom. The second-order valence-corrected chi connectivity index (χ2v) is 5.51. The molecule has 1 aromatic rings. The standard InChI is InChI=1S/C13H15BrF3NO2/c1-7(5-8(2)19)18-12(20)10-6-9(13(15,16)17)3-4-11(10)14/h3-4,6-8,19H,5H2,1-2H3,(H,18,20). The van der Waals surface area contributed by atoms with Gasteiger partial charge in [0.25, 0.3) is 5.91 Å². The van der Waals surface area contributed by atoms with Gasteiger partial charge in [-0.1, -0.05) is 0 Å². The lowest BCUT2D eigenvalue weighted by Gasteiger charge is -2.16. The van der Waals surface area contributed by atoms with Crippen LogP contribution in [0.1, 0.15) is 36.2 Å². The molecule has 2 N–H and O–H groups in total. The van der Waals surface area contributed by atoms with E-state index in [0.717, 1.165) is 12.1 Å². The number of alkyl halides is 3. The van der Waals surface area contributed by atoms with Gasteiger partial charge in [-0.15, -0.1) is 0 Å². The molecule has 1 rings (SSSR count). The smallest absolute Gasteiger partial charge is 0.393 e. The van der Waals surface area contributed by atoms with Crippen LogP contribution in [-0.2, 0) is 6.18 Å². The van der Waals surface area contributed by atoms with Crippen molar-refractivity contribution in [3.63, 3.8) is 0 Å². The molecule has 7 heteroatoms. The van der Waals surface area contributed by atoms with E-state index in [4.69, 9.17) is 0 Å². The van der Waals surface area contributed by atoms with Gasteiger partial charge < -0.3 is 10.4 Å². The summed E-state index contributed by atoms with van der Waals surface area (Å²) in [5.41, 5.74) is -0.966. The maximum Gasteiger partial charge on any atom is 0.416 e. The number of amides is 1. The number of carbonyl (C=O) groups is 1. The number of hydrogen-bond donors (Lipinski definition) is 2. The number of aliphatic hydroxyl groups excluding tert-OH is 1. The van der Waals surface area contributed by atoms with Crippen LogP contribution >= 0.6 is 15.9 Å². The van der Waals surface area contributed by atoms with Crippen molar-refractivity contribution in [1.82, 2.24) is 5.32 Å². The maximum atomic E-state index is 12.6. The van der Waals surface area contributed by atoms with E-state index in [2.05, 4.69) is 21.2 Å². The zero-order valence-corrected chi connectivity index (χ0v) is 12.5. The average Bonchev–Trinajstić information content (AvgIpc) is 2.26. The minimum Gasteiger partial charge on any atom is -0.393 e. The Kier molecular flexibility index (Phi) is 5.59. The molecule has 0 radical (unpaired) electrons. The molecule has 0 spiro atoms. The fraction of sp³-hybridized carbons (Fsp3) is 0.462. The van der Waals surface area contributed by atoms with Crippen LogP contribution in [0.3, 0.4) is 0 Å². The maximum absolute atomic E-state index is 12.6. The van der Waals surface area contributed by atoms with Gasteiger partial charge in [-0.2, -0.15) is 13.2 Å². The molecule has 0 aromatic heterocycles. The van der Waals surface area contributed by atoms with E-state index < -0.39 is 23.8 Å². The van der Waals surface area contributed by atoms with Gasteiger partial charge in [0.1, 0.15) is 0 Å². The fourth-order valence-corrected chi connectivity index (χ4v) is 2.17. The van der Waals surface area contributed by atoms with E-state index >= 15 is 0 Å². The highest BCUT2D eigenvalue weighted by atomic mass is 79.9. The summed E-state index contributed by atoms with van der Waals surface area (Å²) in [5.74, 6) is -0.615. The second-order valence-electron chi connectivity index (χ2n) is 4.65. The number of hydrogen-bond acceptors (Lipinski definition) is 2. The molecule has 0 aliphatic rings. The SMILES string of the molecule is CC(O)CC(C)NC(=O)c1cc(C(F)(F)F)ccc1Br. The lowest BCUT2D eigenvalue weighted by Crippen LogP contribution is -2.35. The minimum absolute atomic E-state index is 0.0859. The van der Waals surface area contributed by atoms with Gasteiger partial charge in [-0.3, -0.25) is 4.79 Å². The molecule has 0 saturated carbocycles. The minimum atomic E-state index is -4.50. The summed E-state index contributed by atoms with van der Waals surface area (Å²) in [5, 5.41) is 11.8. The van der Waals surface area contributed by atoms with Gasteiger partial charge in [0.2, 0.25) is 0 Å². The van der Waals surface area contributed by atoms with E-state index in [1.807, 2.05) is 0 Å². The number of halogens is 4. The molecule has 1 amide bonds. The normalized spacial score (nSPS) is 14.8. The summed E-state index contributed by atoms with van der Waals surface area (Å²) in [6.07, 6.45) is -4.78. The third kappa shape index (κ3) is 4.79. The molecular weight excluding hydrogens is 339 g/mol. The van der Waals surface area contributed by atoms with Gasteiger partial charge in [0.05, 0.1) is 17.2 Å². The van der Waals surface area contributed by atoms with Crippen molar-refractivity contribution >= 4 is 21.8 Å². The monoisotopic (exact) mass is 353 g/mol. The highest BCUT2D eigenvalue weighted by Crippen LogP contribution is 2.31. The van der Waals surface area contributed by atoms with E-state index in [1.165, 1.54) is 6.07 Å². The predicted octanol–water partition coefficient (Wildman–Crippen LogP) is 3.36. The predicted molar refractivity (Wildman–Crippen MR) is 72.4 cm³/mol. The number of aliphatic hydroxyl groups is 1. The first kappa shape index (κ1) is 17.0. The van der Waals surface area contributed by atoms with Crippen LogP contribution in [0.15, 0.2) is 22.7 Å². The molecule has 0 saturated heterocycles. The Balaban J connectivity index is 2.92. The second kappa shape index (κ2) is 6.58. The lowest BCUT2D eigenvalue weighted by atomic mass is 10.1. The van der Waals surface area contributed by atoms with Crippen molar-refractivity contribution in [3.05, 3.63) is 33.8 Å². The Morgan fingerprint density at radius 2 is 2.00 bits per heavy atom. The largest absolute Gasteiger partial charge is 0.416 e. The molecule has 0 aliphatic carbocycles. The van der Waals surface area contributed by atoms with E-state index in [9.17, 15) is 23.1 Å². The van der Waals surface area contributed by atoms with Crippen LogP contribution in [0.4, 0.5) is 13.2 Å². The molecule has 0 heterocycles. The first-order chi connectivity index (χ1) is 9.11. The lowest BCUT2D eigenvalue weighted by molar-refractivity contribution is -0.137. The molecule has 0 fully saturated rings. The van der Waals surface area contributed by atoms with Crippen molar-refractivity contribution in [2.75, 3.05) is 0 Å². The molecule has 2 unspecified atom stereocenters. The molecular formula is C13H15BrF3NO2. The van der Waals surface area contributed by atoms with Crippen LogP contribution in [0, 0.1) is 0 Å². The van der Waals surface area contributed by atoms with Gasteiger partial charge >= 0.3 is 6.18 Å². The number of nitrogens with one attached hydrogen (secondary N) is 1. The zero-order valence-electron chi connectivity index (χ0n) is 11.0. The summed E-state index contributed by atoms with van der Waals surface area (Å²) in [6.45, 7) is 3.25. The van der Waals surface area contributed by atoms with Crippen molar-refractivity contribution in [3.8, 4) is 0 Å². The molecule has 20 heavy (non-hydrogen) atoms. The third-order valence-corrected chi connectivity index (χ3v) is 3.30. The number of carbonyl (C=O) groups excluding carboxylic acids is 1. The number of rotatable bonds is 4. The van der Waals surface area contributed by atoms with Crippen molar-refractivity contribution < 1.29 is 23.1 Å². The van der Waals surface area contributed by atoms with Gasteiger partial charge in [-0.25, -0.2) is 0 Å². The van der Waals surface area contributed by atoms with E-state index in [-0.39, 0.29) is 16.1 Å². The van der Waals surface area contributed by atoms with Crippen LogP contribution in [0.25, 0.3) is 0 Å². The van der Waals surface area contributed by atoms with Crippen LogP contribution in [-0.4, -0.2) is 23.2 Å². The molecule has 1 aromatic carbocycles. The number of benzene rings is 1. The summed E-state index contributed by atoms with van der Waals surface area (Å²) < 4.78 is 38.1. The Morgan fingerprint density at radius 1 is 1.40 bits per heavy atom. The molecule has 2 atom stereocenters. The van der Waals surface area contributed by atoms with Gasteiger partial charge in [-0.05, 0) is 54.4 Å². The molecule has 0 aliphatic heterocycles. The Labute approximate surface area is 123 Å². The molecule has 112 valence electrons. The topological polar surface area (TPSA) is 49.3 Å². The molecule has 0 bridgehead atoms. The third-order valence-electron chi connectivity index (χ3n) is 2.61. The van der Waals surface area contributed by atoms with Crippen LogP contribution < -0.4 is 5.32 Å². The van der Waals surface area contributed by atoms with Crippen molar-refractivity contribution in [1.29, 1.82) is 0 Å². The summed E-state index contributed by atoms with van der Waals surface area (Å²) in [6, 6.07) is 2.55.